The Balaban J connectivity index is 1.74. The van der Waals surface area contributed by atoms with Gasteiger partial charge in [-0.15, -0.1) is 0 Å². The first kappa shape index (κ1) is 10.4. The maximum Gasteiger partial charge on any atom is 0.00671 e. The molecule has 1 heterocycles. The van der Waals surface area contributed by atoms with Crippen LogP contribution in [0.5, 0.6) is 0 Å². The molecule has 1 saturated carbocycles. The Bertz CT molecular complexity index is 177. The normalized spacial score (nSPS) is 34.7. The van der Waals surface area contributed by atoms with Gasteiger partial charge in [0.25, 0.3) is 0 Å². The molecule has 0 radical (unpaired) electrons. The second-order valence-electron chi connectivity index (χ2n) is 5.26. The van der Waals surface area contributed by atoms with E-state index in [1.54, 1.807) is 0 Å². The first-order chi connectivity index (χ1) is 6.79. The van der Waals surface area contributed by atoms with E-state index in [2.05, 4.69) is 11.8 Å². The summed E-state index contributed by atoms with van der Waals surface area (Å²) in [5.74, 6) is 1.84. The third-order valence-electron chi connectivity index (χ3n) is 3.96. The van der Waals surface area contributed by atoms with Gasteiger partial charge in [0.15, 0.2) is 0 Å². The maximum atomic E-state index is 5.75. The van der Waals surface area contributed by atoms with Crippen LogP contribution in [0.4, 0.5) is 0 Å². The molecule has 1 aliphatic carbocycles. The van der Waals surface area contributed by atoms with Crippen molar-refractivity contribution in [3.05, 3.63) is 0 Å². The molecule has 0 bridgehead atoms. The van der Waals surface area contributed by atoms with Crippen LogP contribution in [0, 0.1) is 11.8 Å². The molecule has 1 aliphatic heterocycles. The van der Waals surface area contributed by atoms with Gasteiger partial charge in [-0.3, -0.25) is 0 Å². The third kappa shape index (κ3) is 2.71. The molecule has 2 unspecified atom stereocenters. The number of hydrogen-bond acceptors (Lipinski definition) is 2. The summed E-state index contributed by atoms with van der Waals surface area (Å²) in [5, 5.41) is 0. The van der Waals surface area contributed by atoms with Crippen LogP contribution < -0.4 is 5.73 Å². The Kier molecular flexibility index (Phi) is 3.45. The lowest BCUT2D eigenvalue weighted by atomic mass is 9.93. The molecule has 0 spiro atoms. The summed E-state index contributed by atoms with van der Waals surface area (Å²) in [5.41, 5.74) is 5.75. The molecule has 14 heavy (non-hydrogen) atoms. The average molecular weight is 196 g/mol. The van der Waals surface area contributed by atoms with Crippen molar-refractivity contribution in [2.24, 2.45) is 17.6 Å². The van der Waals surface area contributed by atoms with Crippen LogP contribution in [0.25, 0.3) is 0 Å². The largest absolute Gasteiger partial charge is 0.330 e. The monoisotopic (exact) mass is 196 g/mol. The number of rotatable bonds is 4. The predicted octanol–water partition coefficient (Wildman–Crippen LogP) is 1.85. The minimum atomic E-state index is 0.769. The zero-order valence-electron chi connectivity index (χ0n) is 9.41. The molecular formula is C12H24N2. The van der Waals surface area contributed by atoms with Gasteiger partial charge in [-0.2, -0.15) is 0 Å². The van der Waals surface area contributed by atoms with E-state index in [1.807, 2.05) is 0 Å². The molecule has 2 atom stereocenters. The fourth-order valence-corrected chi connectivity index (χ4v) is 2.52. The highest BCUT2D eigenvalue weighted by atomic mass is 15.2. The zero-order chi connectivity index (χ0) is 9.97. The van der Waals surface area contributed by atoms with Gasteiger partial charge in [0.1, 0.15) is 0 Å². The van der Waals surface area contributed by atoms with E-state index in [4.69, 9.17) is 5.73 Å². The van der Waals surface area contributed by atoms with Crippen molar-refractivity contribution in [2.75, 3.05) is 19.6 Å². The van der Waals surface area contributed by atoms with Crippen molar-refractivity contribution in [3.63, 3.8) is 0 Å². The molecule has 0 amide bonds. The van der Waals surface area contributed by atoms with E-state index in [1.165, 1.54) is 45.2 Å². The molecular weight excluding hydrogens is 172 g/mol. The van der Waals surface area contributed by atoms with Crippen LogP contribution in [0.2, 0.25) is 0 Å². The predicted molar refractivity (Wildman–Crippen MR) is 60.2 cm³/mol. The number of nitrogens with two attached hydrogens (primary N) is 1. The van der Waals surface area contributed by atoms with Crippen molar-refractivity contribution >= 4 is 0 Å². The molecule has 2 fully saturated rings. The summed E-state index contributed by atoms with van der Waals surface area (Å²) in [6.45, 7) is 5.83. The van der Waals surface area contributed by atoms with E-state index >= 15 is 0 Å². The second kappa shape index (κ2) is 4.63. The van der Waals surface area contributed by atoms with Crippen molar-refractivity contribution < 1.29 is 0 Å². The Morgan fingerprint density at radius 2 is 1.86 bits per heavy atom. The van der Waals surface area contributed by atoms with Crippen molar-refractivity contribution in [3.8, 4) is 0 Å². The number of hydrogen-bond donors (Lipinski definition) is 1. The highest BCUT2D eigenvalue weighted by Crippen LogP contribution is 2.33. The number of piperidine rings is 1. The summed E-state index contributed by atoms with van der Waals surface area (Å²) < 4.78 is 0. The molecule has 0 aromatic carbocycles. The van der Waals surface area contributed by atoms with Gasteiger partial charge in [0, 0.05) is 12.6 Å². The van der Waals surface area contributed by atoms with Crippen molar-refractivity contribution in [1.29, 1.82) is 0 Å². The van der Waals surface area contributed by atoms with Crippen LogP contribution in [0.3, 0.4) is 0 Å². The lowest BCUT2D eigenvalue weighted by Crippen LogP contribution is -2.44. The van der Waals surface area contributed by atoms with E-state index < -0.39 is 0 Å². The summed E-state index contributed by atoms with van der Waals surface area (Å²) in [6, 6.07) is 0.802. The Morgan fingerprint density at radius 3 is 2.50 bits per heavy atom. The van der Waals surface area contributed by atoms with Gasteiger partial charge in [0.05, 0.1) is 0 Å². The van der Waals surface area contributed by atoms with Gasteiger partial charge in [-0.1, -0.05) is 12.8 Å². The van der Waals surface area contributed by atoms with E-state index in [0.29, 0.717) is 0 Å². The standard InChI is InChI=1S/C12H24N2/c1-10-2-3-12(8-13)9-14(10)7-6-11-4-5-11/h10-12H,2-9,13H2,1H3. The Labute approximate surface area is 87.8 Å². The molecule has 2 heteroatoms. The highest BCUT2D eigenvalue weighted by Gasteiger charge is 2.27. The van der Waals surface area contributed by atoms with E-state index in [-0.39, 0.29) is 0 Å². The van der Waals surface area contributed by atoms with Gasteiger partial charge in [-0.25, -0.2) is 0 Å². The fraction of sp³-hybridized carbons (Fsp3) is 1.00. The SMILES string of the molecule is CC1CCC(CN)CN1CCC1CC1. The third-order valence-corrected chi connectivity index (χ3v) is 3.96. The van der Waals surface area contributed by atoms with Crippen LogP contribution in [0.1, 0.15) is 39.0 Å². The van der Waals surface area contributed by atoms with Gasteiger partial charge in [-0.05, 0) is 51.1 Å². The van der Waals surface area contributed by atoms with Gasteiger partial charge < -0.3 is 10.6 Å². The van der Waals surface area contributed by atoms with Crippen molar-refractivity contribution in [1.82, 2.24) is 4.90 Å². The minimum absolute atomic E-state index is 0.769. The fourth-order valence-electron chi connectivity index (χ4n) is 2.52. The first-order valence-electron chi connectivity index (χ1n) is 6.23. The highest BCUT2D eigenvalue weighted by molar-refractivity contribution is 4.81. The lowest BCUT2D eigenvalue weighted by molar-refractivity contribution is 0.117. The van der Waals surface area contributed by atoms with Crippen LogP contribution >= 0.6 is 0 Å². The summed E-state index contributed by atoms with van der Waals surface area (Å²) in [4.78, 5) is 2.67. The zero-order valence-corrected chi connectivity index (χ0v) is 9.41. The molecule has 2 aliphatic rings. The first-order valence-corrected chi connectivity index (χ1v) is 6.23. The van der Waals surface area contributed by atoms with Crippen LogP contribution in [0.15, 0.2) is 0 Å². The second-order valence-corrected chi connectivity index (χ2v) is 5.26. The lowest BCUT2D eigenvalue weighted by Gasteiger charge is -2.37. The number of nitrogens with zero attached hydrogens (tertiary/aromatic N) is 1. The van der Waals surface area contributed by atoms with Gasteiger partial charge >= 0.3 is 0 Å². The average Bonchev–Trinajstić information content (AvgIpc) is 3.00. The van der Waals surface area contributed by atoms with Gasteiger partial charge in [0.2, 0.25) is 0 Å². The smallest absolute Gasteiger partial charge is 0.00671 e. The topological polar surface area (TPSA) is 29.3 Å². The van der Waals surface area contributed by atoms with Crippen LogP contribution in [-0.4, -0.2) is 30.6 Å². The Hall–Kier alpha value is -0.0800. The molecule has 82 valence electrons. The molecule has 2 rings (SSSR count). The molecule has 1 saturated heterocycles. The number of likely N-dealkylation sites (tertiary alicyclic amines) is 1. The quantitative estimate of drug-likeness (QED) is 0.743. The van der Waals surface area contributed by atoms with Crippen molar-refractivity contribution in [2.45, 2.75) is 45.1 Å². The maximum absolute atomic E-state index is 5.75. The Morgan fingerprint density at radius 1 is 1.14 bits per heavy atom. The molecule has 0 aromatic heterocycles. The van der Waals surface area contributed by atoms with E-state index in [9.17, 15) is 0 Å². The summed E-state index contributed by atoms with van der Waals surface area (Å²) >= 11 is 0. The molecule has 0 aromatic rings. The summed E-state index contributed by atoms with van der Waals surface area (Å²) in [6.07, 6.45) is 7.11. The summed E-state index contributed by atoms with van der Waals surface area (Å²) in [7, 11) is 0. The molecule has 2 N–H and O–H groups in total. The molecule has 2 nitrogen and oxygen atoms in total. The van der Waals surface area contributed by atoms with Crippen LogP contribution in [-0.2, 0) is 0 Å². The minimum Gasteiger partial charge on any atom is -0.330 e. The van der Waals surface area contributed by atoms with E-state index in [0.717, 1.165) is 24.4 Å².